The van der Waals surface area contributed by atoms with Crippen molar-refractivity contribution < 1.29 is 9.26 Å². The average molecular weight is 256 g/mol. The maximum atomic E-state index is 11.5. The molecule has 0 aliphatic carbocycles. The van der Waals surface area contributed by atoms with Crippen molar-refractivity contribution in [1.29, 1.82) is 0 Å². The highest BCUT2D eigenvalue weighted by Crippen LogP contribution is 2.06. The molecule has 2 heterocycles. The van der Waals surface area contributed by atoms with Crippen LogP contribution < -0.4 is 5.56 Å². The maximum absolute atomic E-state index is 11.5. The first-order valence-electron chi connectivity index (χ1n) is 4.84. The second-order valence-corrected chi connectivity index (χ2v) is 3.78. The molecule has 0 bridgehead atoms. The lowest BCUT2D eigenvalue weighted by Gasteiger charge is -2.00. The molecule has 2 rings (SSSR count). The molecule has 0 saturated carbocycles. The van der Waals surface area contributed by atoms with Crippen LogP contribution in [0.2, 0.25) is 5.15 Å². The predicted octanol–water partition coefficient (Wildman–Crippen LogP) is 1.08. The number of hydrogen-bond acceptors (Lipinski definition) is 5. The van der Waals surface area contributed by atoms with E-state index in [2.05, 4.69) is 10.1 Å². The van der Waals surface area contributed by atoms with Crippen LogP contribution in [0.1, 0.15) is 11.5 Å². The lowest BCUT2D eigenvalue weighted by Crippen LogP contribution is -2.19. The summed E-state index contributed by atoms with van der Waals surface area (Å²) in [4.78, 5) is 15.4. The summed E-state index contributed by atoms with van der Waals surface area (Å²) in [6.45, 7) is 0.636. The van der Waals surface area contributed by atoms with E-state index in [1.165, 1.54) is 17.0 Å². The van der Waals surface area contributed by atoms with E-state index in [0.717, 1.165) is 0 Å². The average Bonchev–Trinajstić information content (AvgIpc) is 2.71. The standard InChI is InChI=1S/C10H10ClN3O3/c1-16-5-8-2-7(13-17-8)4-14-6-12-9(11)3-10(14)15/h2-3,6H,4-5H2,1H3. The van der Waals surface area contributed by atoms with Gasteiger partial charge in [-0.05, 0) is 0 Å². The summed E-state index contributed by atoms with van der Waals surface area (Å²) in [7, 11) is 1.57. The summed E-state index contributed by atoms with van der Waals surface area (Å²) in [5, 5.41) is 3.99. The van der Waals surface area contributed by atoms with Crippen LogP contribution in [0.4, 0.5) is 0 Å². The molecule has 17 heavy (non-hydrogen) atoms. The van der Waals surface area contributed by atoms with Gasteiger partial charge in [-0.15, -0.1) is 0 Å². The Hall–Kier alpha value is -1.66. The fourth-order valence-electron chi connectivity index (χ4n) is 1.34. The van der Waals surface area contributed by atoms with Gasteiger partial charge in [0.05, 0.1) is 12.9 Å². The molecule has 7 heteroatoms. The zero-order valence-electron chi connectivity index (χ0n) is 9.09. The predicted molar refractivity (Wildman–Crippen MR) is 59.8 cm³/mol. The SMILES string of the molecule is COCc1cc(Cn2cnc(Cl)cc2=O)no1. The number of ether oxygens (including phenoxy) is 1. The van der Waals surface area contributed by atoms with Crippen molar-refractivity contribution in [3.8, 4) is 0 Å². The van der Waals surface area contributed by atoms with Crippen LogP contribution in [0.15, 0.2) is 27.8 Å². The second kappa shape index (κ2) is 5.11. The number of aromatic nitrogens is 3. The molecule has 0 fully saturated rings. The van der Waals surface area contributed by atoms with Gasteiger partial charge >= 0.3 is 0 Å². The number of nitrogens with zero attached hydrogens (tertiary/aromatic N) is 3. The Balaban J connectivity index is 2.16. The molecule has 0 saturated heterocycles. The maximum Gasteiger partial charge on any atom is 0.255 e. The van der Waals surface area contributed by atoms with E-state index < -0.39 is 0 Å². The Bertz CT molecular complexity index is 564. The van der Waals surface area contributed by atoms with E-state index >= 15 is 0 Å². The summed E-state index contributed by atoms with van der Waals surface area (Å²) in [5.74, 6) is 0.609. The van der Waals surface area contributed by atoms with Crippen molar-refractivity contribution in [2.45, 2.75) is 13.2 Å². The smallest absolute Gasteiger partial charge is 0.255 e. The molecule has 0 aliphatic heterocycles. The first-order chi connectivity index (χ1) is 8.19. The zero-order valence-corrected chi connectivity index (χ0v) is 9.85. The number of methoxy groups -OCH3 is 1. The minimum absolute atomic E-state index is 0.173. The van der Waals surface area contributed by atoms with E-state index in [9.17, 15) is 4.79 Å². The fourth-order valence-corrected chi connectivity index (χ4v) is 1.47. The molecule has 90 valence electrons. The molecule has 0 atom stereocenters. The molecule has 0 spiro atoms. The highest BCUT2D eigenvalue weighted by atomic mass is 35.5. The third kappa shape index (κ3) is 2.92. The van der Waals surface area contributed by atoms with Crippen molar-refractivity contribution in [1.82, 2.24) is 14.7 Å². The second-order valence-electron chi connectivity index (χ2n) is 3.40. The summed E-state index contributed by atoms with van der Waals surface area (Å²) in [5.41, 5.74) is 0.393. The van der Waals surface area contributed by atoms with Gasteiger partial charge < -0.3 is 9.26 Å². The molecular weight excluding hydrogens is 246 g/mol. The van der Waals surface area contributed by atoms with Gasteiger partial charge in [-0.2, -0.15) is 0 Å². The van der Waals surface area contributed by atoms with Gasteiger partial charge in [-0.25, -0.2) is 4.98 Å². The van der Waals surface area contributed by atoms with E-state index in [1.807, 2.05) is 0 Å². The molecule has 6 nitrogen and oxygen atoms in total. The Labute approximate surface area is 102 Å². The van der Waals surface area contributed by atoms with Gasteiger partial charge in [0.1, 0.15) is 17.5 Å². The van der Waals surface area contributed by atoms with E-state index in [0.29, 0.717) is 18.1 Å². The van der Waals surface area contributed by atoms with Crippen molar-refractivity contribution in [2.24, 2.45) is 0 Å². The Morgan fingerprint density at radius 3 is 3.06 bits per heavy atom. The Morgan fingerprint density at radius 2 is 2.35 bits per heavy atom. The van der Waals surface area contributed by atoms with Crippen LogP contribution in [0.5, 0.6) is 0 Å². The van der Waals surface area contributed by atoms with Crippen molar-refractivity contribution in [2.75, 3.05) is 7.11 Å². The molecule has 0 amide bonds. The Kier molecular flexibility index (Phi) is 3.55. The van der Waals surface area contributed by atoms with E-state index in [4.69, 9.17) is 20.9 Å². The number of rotatable bonds is 4. The normalized spacial score (nSPS) is 10.7. The van der Waals surface area contributed by atoms with Crippen LogP contribution in [-0.2, 0) is 17.9 Å². The topological polar surface area (TPSA) is 70.2 Å². The molecule has 0 aromatic carbocycles. The molecule has 0 N–H and O–H groups in total. The third-order valence-corrected chi connectivity index (χ3v) is 2.28. The van der Waals surface area contributed by atoms with Gasteiger partial charge in [0.25, 0.3) is 5.56 Å². The summed E-state index contributed by atoms with van der Waals surface area (Å²) < 4.78 is 11.3. The Morgan fingerprint density at radius 1 is 1.53 bits per heavy atom. The first kappa shape index (κ1) is 11.8. The molecule has 0 aliphatic rings. The van der Waals surface area contributed by atoms with Gasteiger partial charge in [-0.3, -0.25) is 9.36 Å². The molecule has 2 aromatic rings. The minimum atomic E-state index is -0.235. The molecule has 2 aromatic heterocycles. The summed E-state index contributed by atoms with van der Waals surface area (Å²) in [6, 6.07) is 2.97. The van der Waals surface area contributed by atoms with Gasteiger partial charge in [-0.1, -0.05) is 16.8 Å². The van der Waals surface area contributed by atoms with Crippen molar-refractivity contribution >= 4 is 11.6 Å². The lowest BCUT2D eigenvalue weighted by molar-refractivity contribution is 0.155. The van der Waals surface area contributed by atoms with Crippen LogP contribution in [0.25, 0.3) is 0 Å². The first-order valence-corrected chi connectivity index (χ1v) is 5.22. The lowest BCUT2D eigenvalue weighted by atomic mass is 10.3. The largest absolute Gasteiger partial charge is 0.377 e. The van der Waals surface area contributed by atoms with Gasteiger partial charge in [0, 0.05) is 19.2 Å². The van der Waals surface area contributed by atoms with E-state index in [1.54, 1.807) is 13.2 Å². The van der Waals surface area contributed by atoms with Gasteiger partial charge in [0.15, 0.2) is 5.76 Å². The minimum Gasteiger partial charge on any atom is -0.377 e. The molecular formula is C10H10ClN3O3. The van der Waals surface area contributed by atoms with Crippen molar-refractivity contribution in [3.05, 3.63) is 45.4 Å². The van der Waals surface area contributed by atoms with Crippen LogP contribution >= 0.6 is 11.6 Å². The number of halogens is 1. The summed E-state index contributed by atoms with van der Waals surface area (Å²) >= 11 is 5.59. The van der Waals surface area contributed by atoms with E-state index in [-0.39, 0.29) is 17.3 Å². The monoisotopic (exact) mass is 255 g/mol. The fraction of sp³-hybridized carbons (Fsp3) is 0.300. The van der Waals surface area contributed by atoms with Crippen LogP contribution in [0, 0.1) is 0 Å². The third-order valence-electron chi connectivity index (χ3n) is 2.07. The zero-order chi connectivity index (χ0) is 12.3. The highest BCUT2D eigenvalue weighted by molar-refractivity contribution is 6.29. The quantitative estimate of drug-likeness (QED) is 0.765. The highest BCUT2D eigenvalue weighted by Gasteiger charge is 2.06. The van der Waals surface area contributed by atoms with Crippen molar-refractivity contribution in [3.63, 3.8) is 0 Å². The molecule has 0 radical (unpaired) electrons. The molecule has 0 unspecified atom stereocenters. The number of hydrogen-bond donors (Lipinski definition) is 0. The van der Waals surface area contributed by atoms with Crippen LogP contribution in [0.3, 0.4) is 0 Å². The van der Waals surface area contributed by atoms with Gasteiger partial charge in [0.2, 0.25) is 0 Å². The summed E-state index contributed by atoms with van der Waals surface area (Å²) in [6.07, 6.45) is 1.37. The van der Waals surface area contributed by atoms with Crippen LogP contribution in [-0.4, -0.2) is 21.8 Å².